The Labute approximate surface area is 182 Å². The van der Waals surface area contributed by atoms with Crippen LogP contribution in [0.2, 0.25) is 0 Å². The summed E-state index contributed by atoms with van der Waals surface area (Å²) in [5.41, 5.74) is 3.44. The fourth-order valence-corrected chi connectivity index (χ4v) is 4.10. The van der Waals surface area contributed by atoms with Gasteiger partial charge in [0.15, 0.2) is 0 Å². The van der Waals surface area contributed by atoms with Gasteiger partial charge in [-0.05, 0) is 44.9 Å². The fraction of sp³-hybridized carbons (Fsp3) is 0.417. The predicted octanol–water partition coefficient (Wildman–Crippen LogP) is 3.77. The first-order valence-corrected chi connectivity index (χ1v) is 10.6. The first kappa shape index (κ1) is 21.0. The molecule has 3 heterocycles. The SMILES string of the molecule is CCn1cc(-c2cnc(C)nc2OCC2C(C)C2c2ccc(OC)cn2)cc(C)c1=O. The van der Waals surface area contributed by atoms with Crippen molar-refractivity contribution in [3.8, 4) is 22.8 Å². The van der Waals surface area contributed by atoms with Crippen molar-refractivity contribution in [3.63, 3.8) is 0 Å². The van der Waals surface area contributed by atoms with Crippen LogP contribution in [0.3, 0.4) is 0 Å². The molecule has 1 fully saturated rings. The maximum atomic E-state index is 12.3. The third-order valence-corrected chi connectivity index (χ3v) is 6.10. The molecule has 0 aliphatic heterocycles. The topological polar surface area (TPSA) is 79.1 Å². The number of nitrogens with zero attached hydrogens (tertiary/aromatic N) is 4. The molecule has 1 aliphatic rings. The minimum atomic E-state index is 0.0170. The smallest absolute Gasteiger partial charge is 0.253 e. The summed E-state index contributed by atoms with van der Waals surface area (Å²) < 4.78 is 13.1. The molecule has 3 unspecified atom stereocenters. The van der Waals surface area contributed by atoms with Crippen LogP contribution in [0.25, 0.3) is 11.1 Å². The monoisotopic (exact) mass is 420 g/mol. The zero-order chi connectivity index (χ0) is 22.1. The molecule has 0 aromatic carbocycles. The van der Waals surface area contributed by atoms with Crippen LogP contribution < -0.4 is 15.0 Å². The van der Waals surface area contributed by atoms with Gasteiger partial charge in [0.05, 0.1) is 25.5 Å². The van der Waals surface area contributed by atoms with E-state index in [-0.39, 0.29) is 5.56 Å². The number of hydrogen-bond donors (Lipinski definition) is 0. The Bertz CT molecular complexity index is 1140. The predicted molar refractivity (Wildman–Crippen MR) is 119 cm³/mol. The van der Waals surface area contributed by atoms with E-state index in [2.05, 4.69) is 21.9 Å². The highest BCUT2D eigenvalue weighted by Gasteiger charge is 2.49. The van der Waals surface area contributed by atoms with Gasteiger partial charge in [-0.3, -0.25) is 9.78 Å². The molecule has 0 saturated heterocycles. The Balaban J connectivity index is 1.55. The van der Waals surface area contributed by atoms with E-state index in [9.17, 15) is 4.79 Å². The van der Waals surface area contributed by atoms with Gasteiger partial charge in [-0.1, -0.05) is 6.92 Å². The van der Waals surface area contributed by atoms with Crippen LogP contribution in [-0.2, 0) is 6.54 Å². The second kappa shape index (κ2) is 8.49. The van der Waals surface area contributed by atoms with Gasteiger partial charge >= 0.3 is 0 Å². The molecule has 3 atom stereocenters. The number of rotatable bonds is 7. The van der Waals surface area contributed by atoms with E-state index in [4.69, 9.17) is 9.47 Å². The van der Waals surface area contributed by atoms with Gasteiger partial charge in [0.1, 0.15) is 11.6 Å². The fourth-order valence-electron chi connectivity index (χ4n) is 4.10. The van der Waals surface area contributed by atoms with Crippen LogP contribution in [0.15, 0.2) is 41.6 Å². The van der Waals surface area contributed by atoms with Crippen LogP contribution in [0.5, 0.6) is 11.6 Å². The lowest BCUT2D eigenvalue weighted by Crippen LogP contribution is -2.21. The van der Waals surface area contributed by atoms with Crippen molar-refractivity contribution in [2.24, 2.45) is 11.8 Å². The van der Waals surface area contributed by atoms with Gasteiger partial charge in [0.2, 0.25) is 5.88 Å². The molecule has 4 rings (SSSR count). The maximum absolute atomic E-state index is 12.3. The van der Waals surface area contributed by atoms with Crippen LogP contribution >= 0.6 is 0 Å². The zero-order valence-electron chi connectivity index (χ0n) is 18.6. The lowest BCUT2D eigenvalue weighted by atomic mass is 10.1. The number of aromatic nitrogens is 4. The highest BCUT2D eigenvalue weighted by Crippen LogP contribution is 2.53. The standard InChI is InChI=1S/C24H28N4O3/c1-6-28-12-17(9-14(2)24(28)29)19-11-25-16(4)27-23(19)31-13-20-15(3)22(20)21-8-7-18(30-5)10-26-21/h7-12,15,20,22H,6,13H2,1-5H3. The summed E-state index contributed by atoms with van der Waals surface area (Å²) in [5, 5.41) is 0. The normalized spacial score (nSPS) is 19.8. The van der Waals surface area contributed by atoms with Crippen LogP contribution in [0, 0.1) is 25.7 Å². The second-order valence-electron chi connectivity index (χ2n) is 8.12. The molecule has 0 bridgehead atoms. The maximum Gasteiger partial charge on any atom is 0.253 e. The molecular formula is C24H28N4O3. The van der Waals surface area contributed by atoms with E-state index in [0.717, 1.165) is 22.6 Å². The summed E-state index contributed by atoms with van der Waals surface area (Å²) in [6, 6.07) is 5.85. The van der Waals surface area contributed by atoms with E-state index in [1.807, 2.05) is 45.2 Å². The molecule has 162 valence electrons. The lowest BCUT2D eigenvalue weighted by molar-refractivity contribution is 0.280. The van der Waals surface area contributed by atoms with Crippen molar-refractivity contribution in [1.29, 1.82) is 0 Å². The van der Waals surface area contributed by atoms with Crippen molar-refractivity contribution < 1.29 is 9.47 Å². The number of pyridine rings is 2. The number of ether oxygens (including phenoxy) is 2. The first-order valence-electron chi connectivity index (χ1n) is 10.6. The Morgan fingerprint density at radius 2 is 1.97 bits per heavy atom. The zero-order valence-corrected chi connectivity index (χ0v) is 18.6. The van der Waals surface area contributed by atoms with Crippen molar-refractivity contribution in [2.45, 2.75) is 40.2 Å². The summed E-state index contributed by atoms with van der Waals surface area (Å²) in [6.07, 6.45) is 5.38. The molecule has 1 aliphatic carbocycles. The van der Waals surface area contributed by atoms with Crippen molar-refractivity contribution in [1.82, 2.24) is 19.5 Å². The van der Waals surface area contributed by atoms with Gasteiger partial charge in [0.25, 0.3) is 5.56 Å². The molecule has 7 heteroatoms. The van der Waals surface area contributed by atoms with Gasteiger partial charge in [-0.2, -0.15) is 4.98 Å². The largest absolute Gasteiger partial charge is 0.495 e. The van der Waals surface area contributed by atoms with Crippen molar-refractivity contribution in [3.05, 3.63) is 64.2 Å². The lowest BCUT2D eigenvalue weighted by Gasteiger charge is -2.13. The number of hydrogen-bond acceptors (Lipinski definition) is 6. The molecule has 1 saturated carbocycles. The third kappa shape index (κ3) is 4.17. The Morgan fingerprint density at radius 3 is 2.65 bits per heavy atom. The molecule has 31 heavy (non-hydrogen) atoms. The Hall–Kier alpha value is -3.22. The highest BCUT2D eigenvalue weighted by atomic mass is 16.5. The van der Waals surface area contributed by atoms with Crippen LogP contribution in [0.1, 0.15) is 36.8 Å². The first-order chi connectivity index (χ1) is 14.9. The van der Waals surface area contributed by atoms with Crippen molar-refractivity contribution in [2.75, 3.05) is 13.7 Å². The third-order valence-electron chi connectivity index (χ3n) is 6.10. The second-order valence-corrected chi connectivity index (χ2v) is 8.12. The molecule has 0 amide bonds. The van der Waals surface area contributed by atoms with Crippen LogP contribution in [-0.4, -0.2) is 33.2 Å². The van der Waals surface area contributed by atoms with Gasteiger partial charge in [-0.25, -0.2) is 4.98 Å². The Morgan fingerprint density at radius 1 is 1.16 bits per heavy atom. The number of aryl methyl sites for hydroxylation is 3. The summed E-state index contributed by atoms with van der Waals surface area (Å²) in [5.74, 6) is 3.17. The van der Waals surface area contributed by atoms with E-state index in [1.165, 1.54) is 0 Å². The van der Waals surface area contributed by atoms with E-state index in [1.54, 1.807) is 24.1 Å². The molecule has 0 radical (unpaired) electrons. The number of methoxy groups -OCH3 is 1. The van der Waals surface area contributed by atoms with E-state index in [0.29, 0.717) is 48.2 Å². The minimum Gasteiger partial charge on any atom is -0.495 e. The molecular weight excluding hydrogens is 392 g/mol. The van der Waals surface area contributed by atoms with E-state index >= 15 is 0 Å². The molecule has 7 nitrogen and oxygen atoms in total. The summed E-state index contributed by atoms with van der Waals surface area (Å²) in [6.45, 7) is 9.00. The quantitative estimate of drug-likeness (QED) is 0.579. The average Bonchev–Trinajstić information content (AvgIpc) is 3.43. The van der Waals surface area contributed by atoms with Crippen molar-refractivity contribution >= 4 is 0 Å². The molecule has 3 aromatic heterocycles. The average molecular weight is 421 g/mol. The molecule has 0 N–H and O–H groups in total. The minimum absolute atomic E-state index is 0.0170. The Kier molecular flexibility index (Phi) is 5.76. The highest BCUT2D eigenvalue weighted by molar-refractivity contribution is 5.67. The van der Waals surface area contributed by atoms with Gasteiger partial charge < -0.3 is 14.0 Å². The van der Waals surface area contributed by atoms with Gasteiger partial charge in [0, 0.05) is 47.6 Å². The molecule has 3 aromatic rings. The molecule has 0 spiro atoms. The summed E-state index contributed by atoms with van der Waals surface area (Å²) in [7, 11) is 1.64. The van der Waals surface area contributed by atoms with Crippen LogP contribution in [0.4, 0.5) is 0 Å². The van der Waals surface area contributed by atoms with Gasteiger partial charge in [-0.15, -0.1) is 0 Å². The summed E-state index contributed by atoms with van der Waals surface area (Å²) in [4.78, 5) is 25.7. The van der Waals surface area contributed by atoms with E-state index < -0.39 is 0 Å². The summed E-state index contributed by atoms with van der Waals surface area (Å²) >= 11 is 0.